The van der Waals surface area contributed by atoms with E-state index >= 15 is 0 Å². The molecule has 0 radical (unpaired) electrons. The molecule has 0 aromatic carbocycles. The molecule has 13 heavy (non-hydrogen) atoms. The highest BCUT2D eigenvalue weighted by Crippen LogP contribution is 2.12. The Morgan fingerprint density at radius 2 is 1.92 bits per heavy atom. The van der Waals surface area contributed by atoms with E-state index in [9.17, 15) is 4.79 Å². The van der Waals surface area contributed by atoms with E-state index in [1.807, 2.05) is 11.9 Å². The minimum atomic E-state index is 0.294. The summed E-state index contributed by atoms with van der Waals surface area (Å²) in [5.41, 5.74) is 0. The standard InChI is InChI=1S/C10H20N2O/c1-4-9(5-2)12-7-6-11(3)8-10(12)13/h9H,4-8H2,1-3H3. The van der Waals surface area contributed by atoms with Crippen LogP contribution in [0.3, 0.4) is 0 Å². The van der Waals surface area contributed by atoms with Crippen LogP contribution in [0.5, 0.6) is 0 Å². The van der Waals surface area contributed by atoms with Crippen molar-refractivity contribution in [1.82, 2.24) is 9.80 Å². The van der Waals surface area contributed by atoms with Gasteiger partial charge in [-0.25, -0.2) is 0 Å². The molecule has 0 N–H and O–H groups in total. The van der Waals surface area contributed by atoms with Gasteiger partial charge in [-0.15, -0.1) is 0 Å². The first kappa shape index (κ1) is 10.5. The van der Waals surface area contributed by atoms with Crippen LogP contribution in [0.25, 0.3) is 0 Å². The van der Waals surface area contributed by atoms with Crippen molar-refractivity contribution in [2.45, 2.75) is 32.7 Å². The zero-order chi connectivity index (χ0) is 9.84. The first-order chi connectivity index (χ1) is 6.19. The Balaban J connectivity index is 2.54. The lowest BCUT2D eigenvalue weighted by atomic mass is 10.1. The van der Waals surface area contributed by atoms with Crippen LogP contribution in [0.1, 0.15) is 26.7 Å². The van der Waals surface area contributed by atoms with Crippen molar-refractivity contribution in [3.05, 3.63) is 0 Å². The Bertz CT molecular complexity index is 178. The lowest BCUT2D eigenvalue weighted by molar-refractivity contribution is -0.138. The van der Waals surface area contributed by atoms with Gasteiger partial charge in [-0.2, -0.15) is 0 Å². The Labute approximate surface area is 80.7 Å². The molecule has 0 atom stereocenters. The first-order valence-electron chi connectivity index (χ1n) is 5.17. The summed E-state index contributed by atoms with van der Waals surface area (Å²) in [6.45, 7) is 6.82. The number of carbonyl (C=O) groups excluding carboxylic acids is 1. The van der Waals surface area contributed by atoms with E-state index in [1.165, 1.54) is 0 Å². The number of amides is 1. The second-order valence-corrected chi connectivity index (χ2v) is 3.80. The molecule has 76 valence electrons. The molecule has 1 fully saturated rings. The zero-order valence-electron chi connectivity index (χ0n) is 8.92. The molecule has 0 aromatic rings. The van der Waals surface area contributed by atoms with Crippen molar-refractivity contribution in [2.75, 3.05) is 26.7 Å². The van der Waals surface area contributed by atoms with E-state index in [-0.39, 0.29) is 0 Å². The molecule has 1 aliphatic heterocycles. The Morgan fingerprint density at radius 1 is 1.31 bits per heavy atom. The number of carbonyl (C=O) groups is 1. The van der Waals surface area contributed by atoms with E-state index < -0.39 is 0 Å². The summed E-state index contributed by atoms with van der Waals surface area (Å²) < 4.78 is 0. The van der Waals surface area contributed by atoms with Gasteiger partial charge in [-0.1, -0.05) is 13.8 Å². The van der Waals surface area contributed by atoms with E-state index in [4.69, 9.17) is 0 Å². The van der Waals surface area contributed by atoms with Gasteiger partial charge >= 0.3 is 0 Å². The molecule has 1 rings (SSSR count). The third-order valence-corrected chi connectivity index (χ3v) is 2.83. The maximum Gasteiger partial charge on any atom is 0.237 e. The van der Waals surface area contributed by atoms with Gasteiger partial charge in [0.2, 0.25) is 5.91 Å². The van der Waals surface area contributed by atoms with Gasteiger partial charge in [0.05, 0.1) is 6.54 Å². The molecule has 0 aliphatic carbocycles. The summed E-state index contributed by atoms with van der Waals surface area (Å²) in [5, 5.41) is 0. The molecular weight excluding hydrogens is 164 g/mol. The normalized spacial score (nSPS) is 20.0. The Morgan fingerprint density at radius 3 is 2.38 bits per heavy atom. The summed E-state index contributed by atoms with van der Waals surface area (Å²) in [6, 6.07) is 0.459. The second kappa shape index (κ2) is 4.61. The van der Waals surface area contributed by atoms with Gasteiger partial charge in [0.1, 0.15) is 0 Å². The first-order valence-corrected chi connectivity index (χ1v) is 5.17. The maximum atomic E-state index is 11.6. The quantitative estimate of drug-likeness (QED) is 0.652. The molecule has 1 heterocycles. The van der Waals surface area contributed by atoms with Gasteiger partial charge in [0.15, 0.2) is 0 Å². The van der Waals surface area contributed by atoms with E-state index in [0.717, 1.165) is 25.9 Å². The van der Waals surface area contributed by atoms with Crippen molar-refractivity contribution in [1.29, 1.82) is 0 Å². The Kier molecular flexibility index (Phi) is 3.72. The number of rotatable bonds is 3. The monoisotopic (exact) mass is 184 g/mol. The number of hydrogen-bond acceptors (Lipinski definition) is 2. The molecule has 1 aliphatic rings. The molecule has 1 amide bonds. The van der Waals surface area contributed by atoms with Crippen LogP contribution < -0.4 is 0 Å². The van der Waals surface area contributed by atoms with Crippen molar-refractivity contribution in [3.63, 3.8) is 0 Å². The predicted molar refractivity (Wildman–Crippen MR) is 53.6 cm³/mol. The largest absolute Gasteiger partial charge is 0.337 e. The average Bonchev–Trinajstić information content (AvgIpc) is 2.10. The average molecular weight is 184 g/mol. The highest BCUT2D eigenvalue weighted by atomic mass is 16.2. The summed E-state index contributed by atoms with van der Waals surface area (Å²) in [5.74, 6) is 0.294. The lowest BCUT2D eigenvalue weighted by Gasteiger charge is -2.37. The van der Waals surface area contributed by atoms with Crippen LogP contribution in [-0.2, 0) is 4.79 Å². The molecule has 0 aromatic heterocycles. The molecular formula is C10H20N2O. The Hall–Kier alpha value is -0.570. The van der Waals surface area contributed by atoms with Crippen molar-refractivity contribution in [3.8, 4) is 0 Å². The smallest absolute Gasteiger partial charge is 0.237 e. The maximum absolute atomic E-state index is 11.6. The zero-order valence-corrected chi connectivity index (χ0v) is 8.92. The van der Waals surface area contributed by atoms with Crippen LogP contribution in [0.15, 0.2) is 0 Å². The number of likely N-dealkylation sites (N-methyl/N-ethyl adjacent to an activating group) is 1. The van der Waals surface area contributed by atoms with Crippen LogP contribution in [0.4, 0.5) is 0 Å². The van der Waals surface area contributed by atoms with E-state index in [0.29, 0.717) is 18.5 Å². The molecule has 0 bridgehead atoms. The van der Waals surface area contributed by atoms with Crippen LogP contribution in [-0.4, -0.2) is 48.4 Å². The second-order valence-electron chi connectivity index (χ2n) is 3.80. The fourth-order valence-corrected chi connectivity index (χ4v) is 1.92. The molecule has 0 unspecified atom stereocenters. The third kappa shape index (κ3) is 2.44. The molecule has 0 spiro atoms. The fraction of sp³-hybridized carbons (Fsp3) is 0.900. The molecule has 0 saturated carbocycles. The summed E-state index contributed by atoms with van der Waals surface area (Å²) in [6.07, 6.45) is 2.15. The van der Waals surface area contributed by atoms with Crippen molar-refractivity contribution >= 4 is 5.91 Å². The van der Waals surface area contributed by atoms with Crippen LogP contribution in [0.2, 0.25) is 0 Å². The molecule has 3 nitrogen and oxygen atoms in total. The van der Waals surface area contributed by atoms with Crippen molar-refractivity contribution < 1.29 is 4.79 Å². The van der Waals surface area contributed by atoms with E-state index in [2.05, 4.69) is 18.7 Å². The van der Waals surface area contributed by atoms with Gasteiger partial charge in [0.25, 0.3) is 0 Å². The lowest BCUT2D eigenvalue weighted by Crippen LogP contribution is -2.52. The minimum absolute atomic E-state index is 0.294. The van der Waals surface area contributed by atoms with Crippen LogP contribution >= 0.6 is 0 Å². The summed E-state index contributed by atoms with van der Waals surface area (Å²) in [7, 11) is 2.00. The number of hydrogen-bond donors (Lipinski definition) is 0. The van der Waals surface area contributed by atoms with E-state index in [1.54, 1.807) is 0 Å². The molecule has 1 saturated heterocycles. The highest BCUT2D eigenvalue weighted by Gasteiger charge is 2.25. The fourth-order valence-electron chi connectivity index (χ4n) is 1.92. The topological polar surface area (TPSA) is 23.6 Å². The van der Waals surface area contributed by atoms with Gasteiger partial charge in [0, 0.05) is 19.1 Å². The summed E-state index contributed by atoms with van der Waals surface area (Å²) in [4.78, 5) is 15.8. The van der Waals surface area contributed by atoms with Gasteiger partial charge in [-0.3, -0.25) is 9.69 Å². The predicted octanol–water partition coefficient (Wildman–Crippen LogP) is 0.949. The van der Waals surface area contributed by atoms with Crippen LogP contribution in [0, 0.1) is 0 Å². The minimum Gasteiger partial charge on any atom is -0.337 e. The number of nitrogens with zero attached hydrogens (tertiary/aromatic N) is 2. The third-order valence-electron chi connectivity index (χ3n) is 2.83. The van der Waals surface area contributed by atoms with Crippen molar-refractivity contribution in [2.24, 2.45) is 0 Å². The highest BCUT2D eigenvalue weighted by molar-refractivity contribution is 5.79. The van der Waals surface area contributed by atoms with Gasteiger partial charge in [-0.05, 0) is 19.9 Å². The SMILES string of the molecule is CCC(CC)N1CCN(C)CC1=O. The number of piperazine rings is 1. The summed E-state index contributed by atoms with van der Waals surface area (Å²) >= 11 is 0. The van der Waals surface area contributed by atoms with Gasteiger partial charge < -0.3 is 4.90 Å². The molecule has 3 heteroatoms.